The van der Waals surface area contributed by atoms with Crippen LogP contribution in [0.4, 0.5) is 0 Å². The van der Waals surface area contributed by atoms with Gasteiger partial charge in [0, 0.05) is 17.8 Å². The van der Waals surface area contributed by atoms with Crippen molar-refractivity contribution in [2.75, 3.05) is 0 Å². The molecule has 3 aliphatic rings. The zero-order valence-corrected chi connectivity index (χ0v) is 15.2. The van der Waals surface area contributed by atoms with E-state index in [1.165, 1.54) is 108 Å². The Hall–Kier alpha value is -0.990. The number of nitrogens with zero attached hydrogens (tertiary/aromatic N) is 3. The van der Waals surface area contributed by atoms with Crippen molar-refractivity contribution in [3.05, 3.63) is 17.2 Å². The molecule has 0 bridgehead atoms. The molecule has 3 nitrogen and oxygen atoms in total. The predicted molar refractivity (Wildman–Crippen MR) is 97.3 cm³/mol. The van der Waals surface area contributed by atoms with Gasteiger partial charge in [-0.05, 0) is 38.5 Å². The fourth-order valence-corrected chi connectivity index (χ4v) is 5.24. The summed E-state index contributed by atoms with van der Waals surface area (Å²) in [6.07, 6.45) is 20.1. The second kappa shape index (κ2) is 7.93. The van der Waals surface area contributed by atoms with Crippen molar-refractivity contribution in [2.24, 2.45) is 0 Å². The van der Waals surface area contributed by atoms with Crippen LogP contribution in [-0.2, 0) is 0 Å². The van der Waals surface area contributed by atoms with E-state index in [1.54, 1.807) is 0 Å². The minimum atomic E-state index is 0.578. The van der Waals surface area contributed by atoms with Crippen molar-refractivity contribution >= 4 is 0 Å². The quantitative estimate of drug-likeness (QED) is 0.682. The average Bonchev–Trinajstić information content (AvgIpc) is 2.69. The van der Waals surface area contributed by atoms with Gasteiger partial charge in [0.25, 0.3) is 0 Å². The normalized spacial score (nSPS) is 25.0. The zero-order valence-electron chi connectivity index (χ0n) is 15.2. The van der Waals surface area contributed by atoms with Crippen molar-refractivity contribution in [2.45, 2.75) is 114 Å². The third kappa shape index (κ3) is 3.65. The molecule has 0 amide bonds. The fourth-order valence-electron chi connectivity index (χ4n) is 5.24. The molecule has 1 aromatic heterocycles. The van der Waals surface area contributed by atoms with E-state index >= 15 is 0 Å². The van der Waals surface area contributed by atoms with Gasteiger partial charge in [-0.3, -0.25) is 0 Å². The predicted octanol–water partition coefficient (Wildman–Crippen LogP) is 6.01. The molecule has 0 N–H and O–H groups in total. The maximum atomic E-state index is 5.22. The molecule has 3 aliphatic carbocycles. The molecular weight excluding hydrogens is 294 g/mol. The van der Waals surface area contributed by atoms with Crippen molar-refractivity contribution in [1.82, 2.24) is 15.2 Å². The lowest BCUT2D eigenvalue weighted by Gasteiger charge is -2.28. The fraction of sp³-hybridized carbons (Fsp3) is 0.857. The first kappa shape index (κ1) is 16.5. The van der Waals surface area contributed by atoms with Gasteiger partial charge >= 0.3 is 0 Å². The van der Waals surface area contributed by atoms with Gasteiger partial charge < -0.3 is 0 Å². The van der Waals surface area contributed by atoms with Crippen molar-refractivity contribution < 1.29 is 0 Å². The molecule has 3 heteroatoms. The highest BCUT2D eigenvalue weighted by Gasteiger charge is 2.29. The molecule has 1 heterocycles. The molecule has 132 valence electrons. The van der Waals surface area contributed by atoms with E-state index in [0.717, 1.165) is 5.82 Å². The third-order valence-corrected chi connectivity index (χ3v) is 6.71. The standard InChI is InChI=1S/C21H33N3/c1-4-10-16(11-5-1)19-20(17-12-6-2-7-13-17)23-24-21(22-19)18-14-8-3-9-15-18/h16-18H,1-15H2. The highest BCUT2D eigenvalue weighted by molar-refractivity contribution is 5.22. The van der Waals surface area contributed by atoms with Crippen LogP contribution in [0.25, 0.3) is 0 Å². The lowest BCUT2D eigenvalue weighted by Crippen LogP contribution is -2.20. The summed E-state index contributed by atoms with van der Waals surface area (Å²) >= 11 is 0. The summed E-state index contributed by atoms with van der Waals surface area (Å²) in [5, 5.41) is 9.51. The summed E-state index contributed by atoms with van der Waals surface area (Å²) in [5.74, 6) is 2.95. The Morgan fingerprint density at radius 2 is 0.917 bits per heavy atom. The Morgan fingerprint density at radius 1 is 0.458 bits per heavy atom. The molecule has 3 fully saturated rings. The Kier molecular flexibility index (Phi) is 5.44. The first-order valence-electron chi connectivity index (χ1n) is 10.7. The molecule has 0 saturated heterocycles. The van der Waals surface area contributed by atoms with E-state index in [-0.39, 0.29) is 0 Å². The van der Waals surface area contributed by atoms with E-state index in [2.05, 4.69) is 5.10 Å². The van der Waals surface area contributed by atoms with Crippen molar-refractivity contribution in [1.29, 1.82) is 0 Å². The summed E-state index contributed by atoms with van der Waals surface area (Å²) in [6.45, 7) is 0. The van der Waals surface area contributed by atoms with E-state index in [4.69, 9.17) is 10.1 Å². The molecule has 0 aliphatic heterocycles. The molecule has 0 atom stereocenters. The smallest absolute Gasteiger partial charge is 0.154 e. The Bertz CT molecular complexity index is 524. The minimum Gasteiger partial charge on any atom is -0.233 e. The van der Waals surface area contributed by atoms with Crippen LogP contribution in [0.15, 0.2) is 0 Å². The summed E-state index contributed by atoms with van der Waals surface area (Å²) < 4.78 is 0. The first-order valence-corrected chi connectivity index (χ1v) is 10.7. The SMILES string of the molecule is C1CCC(c2nnc(C3CCCCC3)c(C3CCCCC3)n2)CC1. The lowest BCUT2D eigenvalue weighted by atomic mass is 9.80. The zero-order chi connectivity index (χ0) is 16.2. The number of rotatable bonds is 3. The number of aromatic nitrogens is 3. The van der Waals surface area contributed by atoms with Crippen molar-refractivity contribution in [3.63, 3.8) is 0 Å². The van der Waals surface area contributed by atoms with Gasteiger partial charge in [-0.1, -0.05) is 57.8 Å². The molecule has 0 aromatic carbocycles. The molecule has 24 heavy (non-hydrogen) atoms. The van der Waals surface area contributed by atoms with Crippen LogP contribution in [0.2, 0.25) is 0 Å². The van der Waals surface area contributed by atoms with Gasteiger partial charge in [0.15, 0.2) is 5.82 Å². The number of hydrogen-bond acceptors (Lipinski definition) is 3. The maximum Gasteiger partial charge on any atom is 0.154 e. The maximum absolute atomic E-state index is 5.22. The first-order chi connectivity index (χ1) is 11.9. The average molecular weight is 328 g/mol. The molecule has 1 aromatic rings. The van der Waals surface area contributed by atoms with Gasteiger partial charge in [-0.25, -0.2) is 4.98 Å². The Morgan fingerprint density at radius 3 is 1.46 bits per heavy atom. The molecule has 0 radical (unpaired) electrons. The van der Waals surface area contributed by atoms with E-state index < -0.39 is 0 Å². The lowest BCUT2D eigenvalue weighted by molar-refractivity contribution is 0.388. The number of hydrogen-bond donors (Lipinski definition) is 0. The Balaban J connectivity index is 1.63. The highest BCUT2D eigenvalue weighted by Crippen LogP contribution is 2.40. The molecule has 3 saturated carbocycles. The van der Waals surface area contributed by atoms with Crippen molar-refractivity contribution in [3.8, 4) is 0 Å². The van der Waals surface area contributed by atoms with Gasteiger partial charge in [-0.15, -0.1) is 5.10 Å². The van der Waals surface area contributed by atoms with Gasteiger partial charge in [0.05, 0.1) is 11.4 Å². The van der Waals surface area contributed by atoms with E-state index in [0.29, 0.717) is 17.8 Å². The highest BCUT2D eigenvalue weighted by atomic mass is 15.2. The molecule has 0 spiro atoms. The van der Waals surface area contributed by atoms with Crippen LogP contribution in [0, 0.1) is 0 Å². The topological polar surface area (TPSA) is 38.7 Å². The summed E-state index contributed by atoms with van der Waals surface area (Å²) in [7, 11) is 0. The summed E-state index contributed by atoms with van der Waals surface area (Å²) in [4.78, 5) is 5.22. The second-order valence-electron chi connectivity index (χ2n) is 8.45. The van der Waals surface area contributed by atoms with Crippen LogP contribution in [0.1, 0.15) is 131 Å². The van der Waals surface area contributed by atoms with Crippen LogP contribution < -0.4 is 0 Å². The second-order valence-corrected chi connectivity index (χ2v) is 8.45. The summed E-state index contributed by atoms with van der Waals surface area (Å²) in [5.41, 5.74) is 2.67. The van der Waals surface area contributed by atoms with Crippen LogP contribution in [-0.4, -0.2) is 15.2 Å². The molecule has 0 unspecified atom stereocenters. The van der Waals surface area contributed by atoms with Crippen LogP contribution in [0.5, 0.6) is 0 Å². The van der Waals surface area contributed by atoms with Gasteiger partial charge in [0.1, 0.15) is 0 Å². The Labute approximate surface area is 147 Å². The largest absolute Gasteiger partial charge is 0.233 e. The summed E-state index contributed by atoms with van der Waals surface area (Å²) in [6, 6.07) is 0. The molecule has 4 rings (SSSR count). The monoisotopic (exact) mass is 327 g/mol. The van der Waals surface area contributed by atoms with Crippen LogP contribution in [0.3, 0.4) is 0 Å². The third-order valence-electron chi connectivity index (χ3n) is 6.71. The van der Waals surface area contributed by atoms with E-state index in [9.17, 15) is 0 Å². The van der Waals surface area contributed by atoms with E-state index in [1.807, 2.05) is 0 Å². The van der Waals surface area contributed by atoms with Crippen LogP contribution >= 0.6 is 0 Å². The van der Waals surface area contributed by atoms with Gasteiger partial charge in [-0.2, -0.15) is 5.10 Å². The minimum absolute atomic E-state index is 0.578. The van der Waals surface area contributed by atoms with Gasteiger partial charge in [0.2, 0.25) is 0 Å². The molecular formula is C21H33N3.